The number of hydrogen-bond acceptors (Lipinski definition) is 3. The number of nitrogens with zero attached hydrogens (tertiary/aromatic N) is 1. The second-order valence-electron chi connectivity index (χ2n) is 5.61. The van der Waals surface area contributed by atoms with E-state index in [0.717, 1.165) is 18.1 Å². The van der Waals surface area contributed by atoms with Gasteiger partial charge in [0.1, 0.15) is 0 Å². The third-order valence-corrected chi connectivity index (χ3v) is 3.86. The van der Waals surface area contributed by atoms with Gasteiger partial charge >= 0.3 is 0 Å². The molecule has 0 amide bonds. The van der Waals surface area contributed by atoms with Gasteiger partial charge in [0.05, 0.1) is 6.61 Å². The summed E-state index contributed by atoms with van der Waals surface area (Å²) in [6.45, 7) is 8.34. The van der Waals surface area contributed by atoms with E-state index in [2.05, 4.69) is 37.1 Å². The zero-order valence-electron chi connectivity index (χ0n) is 11.2. The minimum absolute atomic E-state index is 0.0320. The smallest absolute Gasteiger partial charge is 0.0601 e. The van der Waals surface area contributed by atoms with Crippen molar-refractivity contribution in [3.8, 4) is 0 Å². The molecule has 1 aliphatic heterocycles. The van der Waals surface area contributed by atoms with Crippen molar-refractivity contribution in [2.24, 2.45) is 0 Å². The van der Waals surface area contributed by atoms with E-state index in [1.807, 2.05) is 12.1 Å². The Balaban J connectivity index is 2.33. The number of anilines is 1. The molecule has 3 nitrogen and oxygen atoms in total. The Morgan fingerprint density at radius 1 is 1.50 bits per heavy atom. The molecule has 0 aliphatic carbocycles. The van der Waals surface area contributed by atoms with Gasteiger partial charge < -0.3 is 15.3 Å². The Morgan fingerprint density at radius 2 is 2.22 bits per heavy atom. The number of nitrogens with one attached hydrogen (secondary N) is 1. The van der Waals surface area contributed by atoms with Crippen LogP contribution in [0.2, 0.25) is 5.02 Å². The summed E-state index contributed by atoms with van der Waals surface area (Å²) >= 11 is 6.01. The Morgan fingerprint density at radius 3 is 2.83 bits per heavy atom. The van der Waals surface area contributed by atoms with E-state index in [0.29, 0.717) is 0 Å². The average Bonchev–Trinajstić information content (AvgIpc) is 2.30. The number of benzene rings is 1. The summed E-state index contributed by atoms with van der Waals surface area (Å²) < 4.78 is 0. The number of aliphatic hydroxyl groups excluding tert-OH is 1. The van der Waals surface area contributed by atoms with Crippen LogP contribution in [0.25, 0.3) is 0 Å². The highest BCUT2D eigenvalue weighted by Crippen LogP contribution is 2.31. The molecule has 1 saturated heterocycles. The van der Waals surface area contributed by atoms with E-state index in [9.17, 15) is 5.11 Å². The molecule has 1 unspecified atom stereocenters. The van der Waals surface area contributed by atoms with Gasteiger partial charge in [0.25, 0.3) is 0 Å². The van der Waals surface area contributed by atoms with Crippen LogP contribution in [0.15, 0.2) is 18.2 Å². The lowest BCUT2D eigenvalue weighted by Crippen LogP contribution is -2.63. The molecule has 0 spiro atoms. The second-order valence-corrected chi connectivity index (χ2v) is 6.05. The number of halogens is 1. The minimum Gasteiger partial charge on any atom is -0.395 e. The number of aliphatic hydroxyl groups is 1. The van der Waals surface area contributed by atoms with Crippen molar-refractivity contribution in [1.29, 1.82) is 0 Å². The molecule has 100 valence electrons. The van der Waals surface area contributed by atoms with Gasteiger partial charge in [-0.2, -0.15) is 0 Å². The van der Waals surface area contributed by atoms with Crippen molar-refractivity contribution in [3.63, 3.8) is 0 Å². The van der Waals surface area contributed by atoms with E-state index in [1.54, 1.807) is 0 Å². The predicted octanol–water partition coefficient (Wildman–Crippen LogP) is 2.20. The maximum absolute atomic E-state index is 9.33. The lowest BCUT2D eigenvalue weighted by atomic mass is 9.95. The predicted molar refractivity (Wildman–Crippen MR) is 76.5 cm³/mol. The van der Waals surface area contributed by atoms with E-state index in [-0.39, 0.29) is 18.2 Å². The lowest BCUT2D eigenvalue weighted by molar-refractivity contribution is 0.210. The molecule has 0 aromatic heterocycles. The Hall–Kier alpha value is -0.770. The summed E-state index contributed by atoms with van der Waals surface area (Å²) in [5, 5.41) is 13.5. The normalized spacial score (nSPS) is 23.2. The first kappa shape index (κ1) is 13.7. The molecular weight excluding hydrogens is 248 g/mol. The first-order valence-electron chi connectivity index (χ1n) is 6.32. The highest BCUT2D eigenvalue weighted by Gasteiger charge is 2.34. The maximum Gasteiger partial charge on any atom is 0.0601 e. The van der Waals surface area contributed by atoms with Crippen molar-refractivity contribution in [3.05, 3.63) is 28.8 Å². The third kappa shape index (κ3) is 2.63. The molecule has 1 heterocycles. The molecule has 1 aromatic carbocycles. The fourth-order valence-corrected chi connectivity index (χ4v) is 2.72. The van der Waals surface area contributed by atoms with Crippen molar-refractivity contribution in [1.82, 2.24) is 5.32 Å². The van der Waals surface area contributed by atoms with Gasteiger partial charge in [0.2, 0.25) is 0 Å². The summed E-state index contributed by atoms with van der Waals surface area (Å²) in [7, 11) is 0. The first-order chi connectivity index (χ1) is 8.44. The summed E-state index contributed by atoms with van der Waals surface area (Å²) in [5.41, 5.74) is 2.41. The molecule has 4 heteroatoms. The third-order valence-electron chi connectivity index (χ3n) is 3.63. The average molecular weight is 269 g/mol. The molecule has 2 N–H and O–H groups in total. The van der Waals surface area contributed by atoms with Crippen molar-refractivity contribution in [2.45, 2.75) is 32.4 Å². The maximum atomic E-state index is 9.33. The van der Waals surface area contributed by atoms with Gasteiger partial charge in [-0.25, -0.2) is 0 Å². The fourth-order valence-electron chi connectivity index (χ4n) is 2.49. The van der Waals surface area contributed by atoms with Gasteiger partial charge in [-0.05, 0) is 44.5 Å². The van der Waals surface area contributed by atoms with Crippen LogP contribution < -0.4 is 10.2 Å². The second kappa shape index (κ2) is 5.08. The van der Waals surface area contributed by atoms with Crippen LogP contribution in [0, 0.1) is 6.92 Å². The van der Waals surface area contributed by atoms with Crippen LogP contribution in [-0.2, 0) is 0 Å². The highest BCUT2D eigenvalue weighted by molar-refractivity contribution is 6.30. The first-order valence-corrected chi connectivity index (χ1v) is 6.70. The molecule has 0 radical (unpaired) electrons. The Bertz CT molecular complexity index is 434. The SMILES string of the molecule is Cc1cc(Cl)ccc1N1CC(CO)NCC1(C)C. The van der Waals surface area contributed by atoms with Crippen molar-refractivity contribution < 1.29 is 5.11 Å². The van der Waals surface area contributed by atoms with Gasteiger partial charge in [-0.3, -0.25) is 0 Å². The van der Waals surface area contributed by atoms with Crippen LogP contribution in [0.1, 0.15) is 19.4 Å². The number of piperazine rings is 1. The van der Waals surface area contributed by atoms with Gasteiger partial charge in [0, 0.05) is 35.4 Å². The van der Waals surface area contributed by atoms with Gasteiger partial charge in [-0.15, -0.1) is 0 Å². The monoisotopic (exact) mass is 268 g/mol. The summed E-state index contributed by atoms with van der Waals surface area (Å²) in [6.07, 6.45) is 0. The van der Waals surface area contributed by atoms with Gasteiger partial charge in [-0.1, -0.05) is 11.6 Å². The van der Waals surface area contributed by atoms with E-state index in [4.69, 9.17) is 11.6 Å². The van der Waals surface area contributed by atoms with Crippen molar-refractivity contribution >= 4 is 17.3 Å². The number of aryl methyl sites for hydroxylation is 1. The molecular formula is C14H21ClN2O. The highest BCUT2D eigenvalue weighted by atomic mass is 35.5. The van der Waals surface area contributed by atoms with Crippen LogP contribution in [0.3, 0.4) is 0 Å². The van der Waals surface area contributed by atoms with Crippen LogP contribution in [0.5, 0.6) is 0 Å². The van der Waals surface area contributed by atoms with E-state index in [1.165, 1.54) is 11.3 Å². The van der Waals surface area contributed by atoms with Crippen LogP contribution in [-0.4, -0.2) is 36.4 Å². The van der Waals surface area contributed by atoms with E-state index >= 15 is 0 Å². The van der Waals surface area contributed by atoms with Crippen LogP contribution in [0.4, 0.5) is 5.69 Å². The summed E-state index contributed by atoms with van der Waals surface area (Å²) in [5.74, 6) is 0. The van der Waals surface area contributed by atoms with E-state index < -0.39 is 0 Å². The number of hydrogen-bond donors (Lipinski definition) is 2. The minimum atomic E-state index is 0.0320. The topological polar surface area (TPSA) is 35.5 Å². The molecule has 0 saturated carbocycles. The molecule has 1 atom stereocenters. The largest absolute Gasteiger partial charge is 0.395 e. The summed E-state index contributed by atoms with van der Waals surface area (Å²) in [6, 6.07) is 6.12. The molecule has 1 aromatic rings. The molecule has 0 bridgehead atoms. The van der Waals surface area contributed by atoms with Crippen molar-refractivity contribution in [2.75, 3.05) is 24.6 Å². The zero-order chi connectivity index (χ0) is 13.3. The zero-order valence-corrected chi connectivity index (χ0v) is 12.0. The number of rotatable bonds is 2. The summed E-state index contributed by atoms with van der Waals surface area (Å²) in [4.78, 5) is 2.36. The fraction of sp³-hybridized carbons (Fsp3) is 0.571. The molecule has 18 heavy (non-hydrogen) atoms. The lowest BCUT2D eigenvalue weighted by Gasteiger charge is -2.47. The van der Waals surface area contributed by atoms with Gasteiger partial charge in [0.15, 0.2) is 0 Å². The Kier molecular flexibility index (Phi) is 3.85. The molecule has 1 fully saturated rings. The molecule has 1 aliphatic rings. The standard InChI is InChI=1S/C14H21ClN2O/c1-10-6-11(15)4-5-13(10)17-7-12(8-18)16-9-14(17,2)3/h4-6,12,16,18H,7-9H2,1-3H3. The molecule has 2 rings (SSSR count). The Labute approximate surface area is 114 Å². The quantitative estimate of drug-likeness (QED) is 0.863. The van der Waals surface area contributed by atoms with Crippen LogP contribution >= 0.6 is 11.6 Å².